The lowest BCUT2D eigenvalue weighted by Crippen LogP contribution is -2.20. The van der Waals surface area contributed by atoms with Crippen LogP contribution >= 0.6 is 0 Å². The molecule has 2 aromatic heterocycles. The van der Waals surface area contributed by atoms with Gasteiger partial charge in [0.25, 0.3) is 0 Å². The summed E-state index contributed by atoms with van der Waals surface area (Å²) in [5, 5.41) is 11.8. The number of benzene rings is 11. The maximum absolute atomic E-state index is 5.47. The second kappa shape index (κ2) is 20.3. The Labute approximate surface area is 450 Å². The SMILES string of the molecule is C/C=C\C.C=c1cccc/c1=C/C.CC1(C)c2ccc(-c3cccc4c5ccc6ccccc6c5n(-c5nc(-c6ccc(-c7ccccc7)cc6)nc(-c6ccc7ccccc7c6)n5)c34)cc2-c2c1ccc1ccccc21. The number of fused-ring (bicyclic) bond motifs is 11. The van der Waals surface area contributed by atoms with E-state index in [0.717, 1.165) is 71.0 Å². The van der Waals surface area contributed by atoms with Crippen molar-refractivity contribution < 1.29 is 0 Å². The van der Waals surface area contributed by atoms with Crippen molar-refractivity contribution in [3.63, 3.8) is 0 Å². The van der Waals surface area contributed by atoms with Crippen molar-refractivity contribution in [2.24, 2.45) is 0 Å². The van der Waals surface area contributed by atoms with Crippen molar-refractivity contribution in [3.8, 4) is 62.1 Å². The fourth-order valence-electron chi connectivity index (χ4n) is 11.3. The standard InChI is InChI=1S/C60H40N4.C9H10.C4H8/c1-60(2)52-33-31-44(36-51(52)54-46-19-10-8-16-40(46)30-34-53(54)60)48-21-12-22-49-50-32-29-41-17-9-11-20-47(41)55(50)64(56(48)49)59-62-57(42-26-23-39(24-27-42)37-13-4-3-5-14-37)61-58(63-59)45-28-25-38-15-6-7-18-43(38)35-45;1-3-9-7-5-4-6-8(9)2;1-3-4-2/h3-36H,1-2H3;3-7H,2H2,1H3;3-4H,1-2H3/b;9-3-;4-3-. The first-order valence-electron chi connectivity index (χ1n) is 26.6. The van der Waals surface area contributed by atoms with Crippen LogP contribution in [0.1, 0.15) is 45.7 Å². The van der Waals surface area contributed by atoms with Crippen LogP contribution in [-0.2, 0) is 5.41 Å². The molecule has 0 radical (unpaired) electrons. The van der Waals surface area contributed by atoms with Gasteiger partial charge in [-0.15, -0.1) is 0 Å². The highest BCUT2D eigenvalue weighted by Crippen LogP contribution is 2.53. The Balaban J connectivity index is 0.000000407. The van der Waals surface area contributed by atoms with E-state index >= 15 is 0 Å². The maximum Gasteiger partial charge on any atom is 0.238 e. The lowest BCUT2D eigenvalue weighted by atomic mass is 9.82. The van der Waals surface area contributed by atoms with Gasteiger partial charge in [-0.25, -0.2) is 4.98 Å². The minimum atomic E-state index is -0.132. The van der Waals surface area contributed by atoms with Crippen molar-refractivity contribution in [1.82, 2.24) is 19.5 Å². The smallest absolute Gasteiger partial charge is 0.238 e. The molecule has 11 aromatic carbocycles. The Kier molecular flexibility index (Phi) is 12.8. The number of para-hydroxylation sites is 1. The van der Waals surface area contributed by atoms with Crippen LogP contribution in [0.4, 0.5) is 0 Å². The first kappa shape index (κ1) is 48.4. The fraction of sp³-hybridized carbons (Fsp3) is 0.0822. The minimum Gasteiger partial charge on any atom is -0.277 e. The van der Waals surface area contributed by atoms with Crippen LogP contribution in [0, 0.1) is 0 Å². The van der Waals surface area contributed by atoms with Gasteiger partial charge >= 0.3 is 0 Å². The molecule has 1 aliphatic rings. The average molecular weight is 991 g/mol. The zero-order valence-electron chi connectivity index (χ0n) is 44.2. The van der Waals surface area contributed by atoms with Gasteiger partial charge in [-0.1, -0.05) is 257 Å². The normalized spacial score (nSPS) is 12.7. The van der Waals surface area contributed by atoms with E-state index in [0.29, 0.717) is 17.6 Å². The average Bonchev–Trinajstić information content (AvgIpc) is 3.96. The summed E-state index contributed by atoms with van der Waals surface area (Å²) in [4.78, 5) is 16.2. The van der Waals surface area contributed by atoms with E-state index < -0.39 is 0 Å². The van der Waals surface area contributed by atoms with Crippen LogP contribution < -0.4 is 10.4 Å². The zero-order valence-corrected chi connectivity index (χ0v) is 44.2. The molecule has 4 nitrogen and oxygen atoms in total. The minimum absolute atomic E-state index is 0.132. The number of hydrogen-bond acceptors (Lipinski definition) is 3. The zero-order chi connectivity index (χ0) is 52.6. The topological polar surface area (TPSA) is 43.6 Å². The van der Waals surface area contributed by atoms with Crippen LogP contribution in [0.15, 0.2) is 243 Å². The van der Waals surface area contributed by atoms with Crippen molar-refractivity contribution in [2.45, 2.75) is 40.0 Å². The summed E-state index contributed by atoms with van der Waals surface area (Å²) in [6.45, 7) is 14.6. The second-order valence-electron chi connectivity index (χ2n) is 20.3. The Hall–Kier alpha value is -9.51. The monoisotopic (exact) mass is 990 g/mol. The summed E-state index contributed by atoms with van der Waals surface area (Å²) < 4.78 is 2.32. The molecule has 0 spiro atoms. The molecule has 0 aliphatic heterocycles. The molecule has 77 heavy (non-hydrogen) atoms. The van der Waals surface area contributed by atoms with Gasteiger partial charge in [0.05, 0.1) is 11.0 Å². The lowest BCUT2D eigenvalue weighted by Gasteiger charge is -2.21. The van der Waals surface area contributed by atoms with E-state index in [1.54, 1.807) is 0 Å². The van der Waals surface area contributed by atoms with Crippen molar-refractivity contribution in [1.29, 1.82) is 0 Å². The molecule has 0 fully saturated rings. The Morgan fingerprint density at radius 3 is 1.66 bits per heavy atom. The predicted molar refractivity (Wildman–Crippen MR) is 328 cm³/mol. The van der Waals surface area contributed by atoms with Crippen LogP contribution in [0.5, 0.6) is 0 Å². The number of aromatic nitrogens is 4. The van der Waals surface area contributed by atoms with Gasteiger partial charge in [0.2, 0.25) is 5.95 Å². The third-order valence-electron chi connectivity index (χ3n) is 15.3. The molecule has 0 bridgehead atoms. The van der Waals surface area contributed by atoms with Crippen LogP contribution in [0.2, 0.25) is 0 Å². The highest BCUT2D eigenvalue weighted by Gasteiger charge is 2.37. The molecular formula is C73H58N4. The van der Waals surface area contributed by atoms with Crippen LogP contribution in [0.25, 0.3) is 129 Å². The molecule has 0 amide bonds. The number of rotatable bonds is 5. The third kappa shape index (κ3) is 8.78. The highest BCUT2D eigenvalue weighted by atomic mass is 15.2. The van der Waals surface area contributed by atoms with Crippen molar-refractivity contribution in [3.05, 3.63) is 264 Å². The maximum atomic E-state index is 5.47. The second-order valence-corrected chi connectivity index (χ2v) is 20.3. The van der Waals surface area contributed by atoms with Crippen molar-refractivity contribution in [2.75, 3.05) is 0 Å². The van der Waals surface area contributed by atoms with Gasteiger partial charge in [-0.2, -0.15) is 9.97 Å². The third-order valence-corrected chi connectivity index (χ3v) is 15.3. The highest BCUT2D eigenvalue weighted by molar-refractivity contribution is 6.21. The fourth-order valence-corrected chi connectivity index (χ4v) is 11.3. The molecule has 2 heterocycles. The summed E-state index contributed by atoms with van der Waals surface area (Å²) in [5.41, 5.74) is 13.8. The van der Waals surface area contributed by atoms with Gasteiger partial charge in [-0.3, -0.25) is 4.57 Å². The van der Waals surface area contributed by atoms with Gasteiger partial charge < -0.3 is 0 Å². The van der Waals surface area contributed by atoms with Gasteiger partial charge in [-0.05, 0) is 109 Å². The van der Waals surface area contributed by atoms with Crippen LogP contribution in [0.3, 0.4) is 0 Å². The molecule has 0 saturated carbocycles. The Bertz CT molecular complexity index is 4520. The number of allylic oxidation sites excluding steroid dienone is 2. The van der Waals surface area contributed by atoms with Crippen molar-refractivity contribution >= 4 is 66.8 Å². The number of nitrogens with zero attached hydrogens (tertiary/aromatic N) is 4. The first-order valence-corrected chi connectivity index (χ1v) is 26.6. The molecule has 13 aromatic rings. The van der Waals surface area contributed by atoms with E-state index in [1.165, 1.54) is 49.2 Å². The number of hydrogen-bond donors (Lipinski definition) is 0. The van der Waals surface area contributed by atoms with E-state index in [4.69, 9.17) is 15.0 Å². The van der Waals surface area contributed by atoms with E-state index in [1.807, 2.05) is 57.2 Å². The molecule has 0 atom stereocenters. The van der Waals surface area contributed by atoms with E-state index in [9.17, 15) is 0 Å². The summed E-state index contributed by atoms with van der Waals surface area (Å²) in [5.74, 6) is 1.81. The summed E-state index contributed by atoms with van der Waals surface area (Å²) >= 11 is 0. The summed E-state index contributed by atoms with van der Waals surface area (Å²) in [6.07, 6.45) is 6.06. The molecule has 14 rings (SSSR count). The molecule has 4 heteroatoms. The molecular weight excluding hydrogens is 933 g/mol. The molecule has 0 unspecified atom stereocenters. The van der Waals surface area contributed by atoms with E-state index in [-0.39, 0.29) is 5.41 Å². The molecule has 0 N–H and O–H groups in total. The Morgan fingerprint density at radius 1 is 0.390 bits per heavy atom. The van der Waals surface area contributed by atoms with Gasteiger partial charge in [0, 0.05) is 38.3 Å². The van der Waals surface area contributed by atoms with Crippen LogP contribution in [-0.4, -0.2) is 19.5 Å². The molecule has 1 aliphatic carbocycles. The Morgan fingerprint density at radius 2 is 0.935 bits per heavy atom. The first-order chi connectivity index (χ1) is 37.7. The quantitative estimate of drug-likeness (QED) is 0.161. The summed E-state index contributed by atoms with van der Waals surface area (Å²) in [6, 6.07) is 82.4. The van der Waals surface area contributed by atoms with E-state index in [2.05, 4.69) is 237 Å². The lowest BCUT2D eigenvalue weighted by molar-refractivity contribution is 0.661. The predicted octanol–water partition coefficient (Wildman–Crippen LogP) is 17.9. The molecule has 370 valence electrons. The summed E-state index contributed by atoms with van der Waals surface area (Å²) in [7, 11) is 0. The van der Waals surface area contributed by atoms with Gasteiger partial charge in [0.1, 0.15) is 0 Å². The largest absolute Gasteiger partial charge is 0.277 e. The van der Waals surface area contributed by atoms with Gasteiger partial charge in [0.15, 0.2) is 11.6 Å². The molecule has 0 saturated heterocycles.